The van der Waals surface area contributed by atoms with Crippen LogP contribution in [0.2, 0.25) is 0 Å². The molecule has 1 aromatic heterocycles. The van der Waals surface area contributed by atoms with Gasteiger partial charge in [0.05, 0.1) is 0 Å². The molecule has 2 rings (SSSR count). The van der Waals surface area contributed by atoms with Crippen molar-refractivity contribution in [2.75, 3.05) is 20.1 Å². The van der Waals surface area contributed by atoms with Crippen LogP contribution in [0.25, 0.3) is 0 Å². The van der Waals surface area contributed by atoms with Crippen LogP contribution >= 0.6 is 28.3 Å². The zero-order chi connectivity index (χ0) is 13.2. The van der Waals surface area contributed by atoms with E-state index in [0.717, 1.165) is 12.8 Å². The predicted molar refractivity (Wildman–Crippen MR) is 80.0 cm³/mol. The van der Waals surface area contributed by atoms with Gasteiger partial charge >= 0.3 is 0 Å². The highest BCUT2D eigenvalue weighted by atomic mass is 79.9. The highest BCUT2D eigenvalue weighted by molar-refractivity contribution is 9.10. The summed E-state index contributed by atoms with van der Waals surface area (Å²) in [4.78, 5) is 4.16. The fraction of sp³-hybridized carbons (Fsp3) is 0.545. The van der Waals surface area contributed by atoms with Crippen molar-refractivity contribution in [3.05, 3.63) is 22.9 Å². The van der Waals surface area contributed by atoms with Gasteiger partial charge in [0.15, 0.2) is 0 Å². The molecule has 0 aromatic carbocycles. The van der Waals surface area contributed by atoms with Crippen LogP contribution in [-0.2, 0) is 10.0 Å². The summed E-state index contributed by atoms with van der Waals surface area (Å²) in [6.45, 7) is 1.10. The van der Waals surface area contributed by atoms with Crippen LogP contribution in [0.4, 0.5) is 0 Å². The van der Waals surface area contributed by atoms with Crippen molar-refractivity contribution in [3.8, 4) is 0 Å². The predicted octanol–water partition coefficient (Wildman–Crippen LogP) is 1.64. The summed E-state index contributed by atoms with van der Waals surface area (Å²) in [7, 11) is -1.56. The Morgan fingerprint density at radius 2 is 2.21 bits per heavy atom. The first-order valence-electron chi connectivity index (χ1n) is 5.82. The average molecular weight is 371 g/mol. The van der Waals surface area contributed by atoms with Crippen LogP contribution in [0.3, 0.4) is 0 Å². The normalized spacial score (nSPS) is 20.8. The Kier molecular flexibility index (Phi) is 6.19. The van der Waals surface area contributed by atoms with Crippen LogP contribution < -0.4 is 5.32 Å². The van der Waals surface area contributed by atoms with Crippen molar-refractivity contribution in [3.63, 3.8) is 0 Å². The van der Waals surface area contributed by atoms with E-state index in [9.17, 15) is 8.42 Å². The van der Waals surface area contributed by atoms with Gasteiger partial charge < -0.3 is 5.32 Å². The number of halogens is 2. The zero-order valence-electron chi connectivity index (χ0n) is 10.5. The van der Waals surface area contributed by atoms with Crippen molar-refractivity contribution in [1.82, 2.24) is 14.6 Å². The molecule has 0 saturated carbocycles. The quantitative estimate of drug-likeness (QED) is 0.878. The van der Waals surface area contributed by atoms with E-state index in [4.69, 9.17) is 0 Å². The van der Waals surface area contributed by atoms with Gasteiger partial charge in [-0.05, 0) is 41.9 Å². The fourth-order valence-electron chi connectivity index (χ4n) is 2.08. The molecular formula is C11H17BrClN3O2S. The van der Waals surface area contributed by atoms with Gasteiger partial charge in [0, 0.05) is 36.0 Å². The van der Waals surface area contributed by atoms with Gasteiger partial charge in [-0.15, -0.1) is 12.4 Å². The van der Waals surface area contributed by atoms with Gasteiger partial charge in [0.25, 0.3) is 0 Å². The number of hydrogen-bond donors (Lipinski definition) is 1. The molecule has 19 heavy (non-hydrogen) atoms. The second-order valence-electron chi connectivity index (χ2n) is 4.33. The Hall–Kier alpha value is -0.210. The number of pyridine rings is 1. The van der Waals surface area contributed by atoms with Gasteiger partial charge in [-0.1, -0.05) is 0 Å². The third kappa shape index (κ3) is 3.88. The van der Waals surface area contributed by atoms with E-state index in [1.165, 1.54) is 10.5 Å². The number of hydrogen-bond acceptors (Lipinski definition) is 4. The van der Waals surface area contributed by atoms with Crippen molar-refractivity contribution in [2.24, 2.45) is 0 Å². The molecule has 1 saturated heterocycles. The number of piperidine rings is 1. The van der Waals surface area contributed by atoms with Crippen LogP contribution in [0.1, 0.15) is 12.8 Å². The van der Waals surface area contributed by atoms with Gasteiger partial charge in [0.1, 0.15) is 4.90 Å². The molecule has 0 spiro atoms. The molecule has 108 valence electrons. The molecule has 0 aliphatic carbocycles. The lowest BCUT2D eigenvalue weighted by atomic mass is 10.1. The highest BCUT2D eigenvalue weighted by Gasteiger charge is 2.29. The molecule has 0 bridgehead atoms. The third-order valence-corrected chi connectivity index (χ3v) is 5.37. The molecule has 2 heterocycles. The monoisotopic (exact) mass is 369 g/mol. The Labute approximate surface area is 128 Å². The Morgan fingerprint density at radius 1 is 1.47 bits per heavy atom. The lowest BCUT2D eigenvalue weighted by molar-refractivity contribution is 0.293. The van der Waals surface area contributed by atoms with Gasteiger partial charge in [-0.25, -0.2) is 8.42 Å². The molecule has 5 nitrogen and oxygen atoms in total. The topological polar surface area (TPSA) is 62.3 Å². The molecule has 8 heteroatoms. The van der Waals surface area contributed by atoms with Crippen LogP contribution in [0.5, 0.6) is 0 Å². The van der Waals surface area contributed by atoms with Gasteiger partial charge in [-0.3, -0.25) is 4.98 Å². The molecule has 1 fully saturated rings. The number of aromatic nitrogens is 1. The lowest BCUT2D eigenvalue weighted by Crippen LogP contribution is -2.46. The molecule has 1 atom stereocenters. The molecule has 1 aliphatic rings. The minimum absolute atomic E-state index is 0. The summed E-state index contributed by atoms with van der Waals surface area (Å²) < 4.78 is 27.1. The molecule has 1 aromatic rings. The summed E-state index contributed by atoms with van der Waals surface area (Å²) in [5.41, 5.74) is 0. The van der Waals surface area contributed by atoms with E-state index < -0.39 is 10.0 Å². The van der Waals surface area contributed by atoms with Gasteiger partial charge in [-0.2, -0.15) is 4.31 Å². The highest BCUT2D eigenvalue weighted by Crippen LogP contribution is 2.22. The zero-order valence-corrected chi connectivity index (χ0v) is 13.8. The molecule has 1 N–H and O–H groups in total. The van der Waals surface area contributed by atoms with E-state index in [2.05, 4.69) is 26.2 Å². The van der Waals surface area contributed by atoms with Crippen molar-refractivity contribution in [2.45, 2.75) is 23.8 Å². The second kappa shape index (κ2) is 6.99. The molecule has 0 amide bonds. The van der Waals surface area contributed by atoms with Crippen LogP contribution in [0, 0.1) is 0 Å². The third-order valence-electron chi connectivity index (χ3n) is 3.11. The van der Waals surface area contributed by atoms with Crippen molar-refractivity contribution >= 4 is 38.4 Å². The van der Waals surface area contributed by atoms with E-state index in [0.29, 0.717) is 17.6 Å². The second-order valence-corrected chi connectivity index (χ2v) is 7.18. The standard InChI is InChI=1S/C11H16BrN3O2S.ClH/c1-13-10-3-2-4-15(8-10)18(16,17)11-5-9(12)6-14-7-11;/h5-7,10,13H,2-4,8H2,1H3;1H. The van der Waals surface area contributed by atoms with Gasteiger partial charge in [0.2, 0.25) is 10.0 Å². The molecule has 1 unspecified atom stereocenters. The number of sulfonamides is 1. The Morgan fingerprint density at radius 3 is 2.84 bits per heavy atom. The van der Waals surface area contributed by atoms with E-state index in [1.807, 2.05) is 7.05 Å². The lowest BCUT2D eigenvalue weighted by Gasteiger charge is -2.31. The summed E-state index contributed by atoms with van der Waals surface area (Å²) in [6.07, 6.45) is 4.86. The average Bonchev–Trinajstić information content (AvgIpc) is 2.39. The van der Waals surface area contributed by atoms with Crippen LogP contribution in [0.15, 0.2) is 27.8 Å². The van der Waals surface area contributed by atoms with E-state index in [1.54, 1.807) is 12.3 Å². The SMILES string of the molecule is CNC1CCCN(S(=O)(=O)c2cncc(Br)c2)C1.Cl. The first-order valence-corrected chi connectivity index (χ1v) is 8.05. The first-order chi connectivity index (χ1) is 8.54. The molecular weight excluding hydrogens is 354 g/mol. The maximum atomic E-state index is 12.4. The number of likely N-dealkylation sites (N-methyl/N-ethyl adjacent to an activating group) is 1. The number of nitrogens with zero attached hydrogens (tertiary/aromatic N) is 2. The maximum Gasteiger partial charge on any atom is 0.244 e. The summed E-state index contributed by atoms with van der Waals surface area (Å²) in [6, 6.07) is 1.82. The smallest absolute Gasteiger partial charge is 0.244 e. The Bertz CT molecular complexity index is 526. The summed E-state index contributed by atoms with van der Waals surface area (Å²) in [5.74, 6) is 0. The minimum atomic E-state index is -3.43. The van der Waals surface area contributed by atoms with Crippen LogP contribution in [-0.4, -0.2) is 43.9 Å². The van der Waals surface area contributed by atoms with E-state index >= 15 is 0 Å². The summed E-state index contributed by atoms with van der Waals surface area (Å²) in [5, 5.41) is 3.14. The fourth-order valence-corrected chi connectivity index (χ4v) is 4.11. The number of rotatable bonds is 3. The van der Waals surface area contributed by atoms with Crippen molar-refractivity contribution in [1.29, 1.82) is 0 Å². The first kappa shape index (κ1) is 16.8. The van der Waals surface area contributed by atoms with Crippen molar-refractivity contribution < 1.29 is 8.42 Å². The number of nitrogens with one attached hydrogen (secondary N) is 1. The summed E-state index contributed by atoms with van der Waals surface area (Å²) >= 11 is 3.25. The molecule has 1 aliphatic heterocycles. The minimum Gasteiger partial charge on any atom is -0.316 e. The Balaban J connectivity index is 0.00000180. The molecule has 0 radical (unpaired) electrons. The maximum absolute atomic E-state index is 12.4. The van der Waals surface area contributed by atoms with E-state index in [-0.39, 0.29) is 23.3 Å². The largest absolute Gasteiger partial charge is 0.316 e.